The van der Waals surface area contributed by atoms with E-state index in [0.29, 0.717) is 0 Å². The summed E-state index contributed by atoms with van der Waals surface area (Å²) in [7, 11) is 0. The second kappa shape index (κ2) is 4.25. The molecule has 0 unspecified atom stereocenters. The van der Waals surface area contributed by atoms with Crippen LogP contribution in [0.25, 0.3) is 0 Å². The molecule has 0 spiro atoms. The Morgan fingerprint density at radius 1 is 1.18 bits per heavy atom. The summed E-state index contributed by atoms with van der Waals surface area (Å²) in [5, 5.41) is 0. The van der Waals surface area contributed by atoms with Crippen LogP contribution in [0, 0.1) is 12.7 Å². The third kappa shape index (κ3) is 2.60. The first-order valence-corrected chi connectivity index (χ1v) is 4.88. The molecule has 17 heavy (non-hydrogen) atoms. The highest BCUT2D eigenvalue weighted by Gasteiger charge is 2.07. The summed E-state index contributed by atoms with van der Waals surface area (Å²) in [4.78, 5) is 7.48. The zero-order chi connectivity index (χ0) is 12.4. The van der Waals surface area contributed by atoms with Gasteiger partial charge in [0.1, 0.15) is 5.82 Å². The first kappa shape index (κ1) is 11.1. The summed E-state index contributed by atoms with van der Waals surface area (Å²) in [5.41, 5.74) is 11.8. The molecule has 0 saturated heterocycles. The molecular formula is C11H11FN4O. The van der Waals surface area contributed by atoms with Crippen LogP contribution < -0.4 is 16.2 Å². The number of aromatic nitrogens is 2. The van der Waals surface area contributed by atoms with Crippen LogP contribution in [0.4, 0.5) is 16.2 Å². The Bertz CT molecular complexity index is 539. The third-order valence-corrected chi connectivity index (χ3v) is 2.04. The van der Waals surface area contributed by atoms with Crippen molar-refractivity contribution in [2.75, 3.05) is 11.5 Å². The van der Waals surface area contributed by atoms with Gasteiger partial charge in [-0.25, -0.2) is 4.39 Å². The van der Waals surface area contributed by atoms with Gasteiger partial charge in [-0.05, 0) is 24.6 Å². The molecule has 0 saturated carbocycles. The lowest BCUT2D eigenvalue weighted by atomic mass is 10.2. The largest absolute Gasteiger partial charge is 0.436 e. The predicted octanol–water partition coefficient (Wildman–Crippen LogP) is 1.88. The van der Waals surface area contributed by atoms with Gasteiger partial charge in [0.2, 0.25) is 11.8 Å². The summed E-state index contributed by atoms with van der Waals surface area (Å²) in [6, 6.07) is 5.89. The van der Waals surface area contributed by atoms with Gasteiger partial charge >= 0.3 is 0 Å². The number of nitrogen functional groups attached to an aromatic ring is 2. The lowest BCUT2D eigenvalue weighted by molar-refractivity contribution is 0.427. The Hall–Kier alpha value is -2.37. The molecule has 4 N–H and O–H groups in total. The van der Waals surface area contributed by atoms with Gasteiger partial charge in [-0.1, -0.05) is 6.07 Å². The smallest absolute Gasteiger partial charge is 0.226 e. The number of benzene rings is 1. The van der Waals surface area contributed by atoms with E-state index in [1.165, 1.54) is 12.1 Å². The molecule has 5 nitrogen and oxygen atoms in total. The number of rotatable bonds is 2. The minimum atomic E-state index is -0.480. The van der Waals surface area contributed by atoms with Crippen molar-refractivity contribution in [3.05, 3.63) is 35.6 Å². The number of ether oxygens (including phenoxy) is 1. The zero-order valence-corrected chi connectivity index (χ0v) is 9.14. The topological polar surface area (TPSA) is 87.0 Å². The molecule has 6 heteroatoms. The molecule has 1 aromatic carbocycles. The second-order valence-corrected chi connectivity index (χ2v) is 3.53. The van der Waals surface area contributed by atoms with E-state index in [0.717, 1.165) is 5.56 Å². The van der Waals surface area contributed by atoms with E-state index < -0.39 is 5.82 Å². The maximum atomic E-state index is 13.4. The fourth-order valence-corrected chi connectivity index (χ4v) is 1.31. The van der Waals surface area contributed by atoms with Gasteiger partial charge in [-0.3, -0.25) is 0 Å². The summed E-state index contributed by atoms with van der Waals surface area (Å²) >= 11 is 0. The van der Waals surface area contributed by atoms with Crippen LogP contribution in [0.1, 0.15) is 5.56 Å². The van der Waals surface area contributed by atoms with E-state index in [9.17, 15) is 4.39 Å². The number of aryl methyl sites for hydroxylation is 1. The van der Waals surface area contributed by atoms with Gasteiger partial charge in [-0.15, -0.1) is 0 Å². The van der Waals surface area contributed by atoms with E-state index in [2.05, 4.69) is 9.97 Å². The molecule has 88 valence electrons. The number of hydrogen-bond donors (Lipinski definition) is 2. The average Bonchev–Trinajstić information content (AvgIpc) is 2.22. The van der Waals surface area contributed by atoms with Crippen LogP contribution in [0.2, 0.25) is 0 Å². The van der Waals surface area contributed by atoms with E-state index in [4.69, 9.17) is 16.2 Å². The molecule has 0 bridgehead atoms. The Morgan fingerprint density at radius 2 is 1.94 bits per heavy atom. The van der Waals surface area contributed by atoms with Crippen LogP contribution in [0.5, 0.6) is 11.6 Å². The molecule has 1 aromatic heterocycles. The molecule has 0 radical (unpaired) electrons. The van der Waals surface area contributed by atoms with Gasteiger partial charge in [-0.2, -0.15) is 9.97 Å². The van der Waals surface area contributed by atoms with E-state index in [1.54, 1.807) is 12.1 Å². The molecule has 0 fully saturated rings. The van der Waals surface area contributed by atoms with Crippen LogP contribution >= 0.6 is 0 Å². The maximum absolute atomic E-state index is 13.4. The maximum Gasteiger partial charge on any atom is 0.226 e. The fourth-order valence-electron chi connectivity index (χ4n) is 1.31. The Kier molecular flexibility index (Phi) is 2.78. The predicted molar refractivity (Wildman–Crippen MR) is 62.1 cm³/mol. The monoisotopic (exact) mass is 234 g/mol. The minimum Gasteiger partial charge on any atom is -0.436 e. The number of hydrogen-bond acceptors (Lipinski definition) is 5. The van der Waals surface area contributed by atoms with Crippen LogP contribution in [0.3, 0.4) is 0 Å². The van der Waals surface area contributed by atoms with Crippen molar-refractivity contribution in [2.45, 2.75) is 6.92 Å². The molecule has 0 atom stereocenters. The summed E-state index contributed by atoms with van der Waals surface area (Å²) in [6.45, 7) is 1.83. The number of nitrogens with two attached hydrogens (primary N) is 2. The van der Waals surface area contributed by atoms with Gasteiger partial charge in [0, 0.05) is 6.07 Å². The van der Waals surface area contributed by atoms with Crippen molar-refractivity contribution in [2.24, 2.45) is 0 Å². The van der Waals surface area contributed by atoms with E-state index >= 15 is 0 Å². The van der Waals surface area contributed by atoms with E-state index in [-0.39, 0.29) is 23.4 Å². The zero-order valence-electron chi connectivity index (χ0n) is 9.14. The molecule has 0 aliphatic rings. The molecule has 2 aromatic rings. The van der Waals surface area contributed by atoms with Gasteiger partial charge in [0.05, 0.1) is 0 Å². The highest BCUT2D eigenvalue weighted by molar-refractivity contribution is 5.41. The first-order valence-electron chi connectivity index (χ1n) is 4.88. The van der Waals surface area contributed by atoms with Crippen molar-refractivity contribution >= 4 is 11.8 Å². The van der Waals surface area contributed by atoms with Crippen molar-refractivity contribution in [1.29, 1.82) is 0 Å². The van der Waals surface area contributed by atoms with Gasteiger partial charge < -0.3 is 16.2 Å². The fraction of sp³-hybridized carbons (Fsp3) is 0.0909. The number of anilines is 2. The van der Waals surface area contributed by atoms with E-state index in [1.807, 2.05) is 6.92 Å². The Labute approximate surface area is 97.3 Å². The summed E-state index contributed by atoms with van der Waals surface area (Å²) in [5.74, 6) is -0.151. The quantitative estimate of drug-likeness (QED) is 0.828. The van der Waals surface area contributed by atoms with Crippen molar-refractivity contribution in [3.63, 3.8) is 0 Å². The van der Waals surface area contributed by atoms with Crippen molar-refractivity contribution in [1.82, 2.24) is 9.97 Å². The number of nitrogens with zero attached hydrogens (tertiary/aromatic N) is 2. The SMILES string of the molecule is Cc1ccc(F)c(Oc2cc(N)nc(N)n2)c1. The van der Waals surface area contributed by atoms with Gasteiger partial charge in [0.15, 0.2) is 11.6 Å². The lowest BCUT2D eigenvalue weighted by Gasteiger charge is -2.07. The molecule has 0 aliphatic carbocycles. The highest BCUT2D eigenvalue weighted by atomic mass is 19.1. The number of halogens is 1. The van der Waals surface area contributed by atoms with Gasteiger partial charge in [0.25, 0.3) is 0 Å². The van der Waals surface area contributed by atoms with Crippen LogP contribution in [0.15, 0.2) is 24.3 Å². The normalized spacial score (nSPS) is 10.2. The standard InChI is InChI=1S/C11H11FN4O/c1-6-2-3-7(12)8(4-6)17-10-5-9(13)15-11(14)16-10/h2-5H,1H3,(H4,13,14,15,16). The van der Waals surface area contributed by atoms with Crippen molar-refractivity contribution in [3.8, 4) is 11.6 Å². The summed E-state index contributed by atoms with van der Waals surface area (Å²) in [6.07, 6.45) is 0. The Morgan fingerprint density at radius 3 is 2.65 bits per heavy atom. The molecular weight excluding hydrogens is 223 g/mol. The first-order chi connectivity index (χ1) is 8.04. The minimum absolute atomic E-state index is 0.0203. The molecule has 1 heterocycles. The molecule has 2 rings (SSSR count). The average molecular weight is 234 g/mol. The lowest BCUT2D eigenvalue weighted by Crippen LogP contribution is -2.01. The second-order valence-electron chi connectivity index (χ2n) is 3.53. The molecule has 0 amide bonds. The van der Waals surface area contributed by atoms with Crippen LogP contribution in [-0.2, 0) is 0 Å². The third-order valence-electron chi connectivity index (χ3n) is 2.04. The summed E-state index contributed by atoms with van der Waals surface area (Å²) < 4.78 is 18.7. The highest BCUT2D eigenvalue weighted by Crippen LogP contribution is 2.25. The Balaban J connectivity index is 2.34. The molecule has 0 aliphatic heterocycles. The van der Waals surface area contributed by atoms with Crippen LogP contribution in [-0.4, -0.2) is 9.97 Å². The van der Waals surface area contributed by atoms with Crippen molar-refractivity contribution < 1.29 is 9.13 Å².